The normalized spacial score (nSPS) is 22.9. The summed E-state index contributed by atoms with van der Waals surface area (Å²) in [6, 6.07) is 6.80. The number of rotatable bonds is 0. The van der Waals surface area contributed by atoms with Crippen molar-refractivity contribution in [1.29, 1.82) is 0 Å². The highest BCUT2D eigenvalue weighted by molar-refractivity contribution is 9.10. The van der Waals surface area contributed by atoms with Crippen molar-refractivity contribution in [3.63, 3.8) is 0 Å². The summed E-state index contributed by atoms with van der Waals surface area (Å²) in [4.78, 5) is 0. The second kappa shape index (κ2) is 3.07. The zero-order chi connectivity index (χ0) is 9.60. The van der Waals surface area contributed by atoms with Gasteiger partial charge in [0.1, 0.15) is 0 Å². The lowest BCUT2D eigenvalue weighted by atomic mass is 9.91. The van der Waals surface area contributed by atoms with Crippen LogP contribution in [0.2, 0.25) is 0 Å². The lowest BCUT2D eigenvalue weighted by Gasteiger charge is -2.15. The predicted octanol–water partition coefficient (Wildman–Crippen LogP) is 2.63. The maximum Gasteiger partial charge on any atom is 0.0178 e. The highest BCUT2D eigenvalue weighted by Gasteiger charge is 2.45. The second-order valence-electron chi connectivity index (χ2n) is 4.51. The predicted molar refractivity (Wildman–Crippen MR) is 61.6 cm³/mol. The van der Waals surface area contributed by atoms with Gasteiger partial charge in [-0.05, 0) is 49.1 Å². The van der Waals surface area contributed by atoms with Gasteiger partial charge in [0.25, 0.3) is 0 Å². The first-order valence-electron chi connectivity index (χ1n) is 5.30. The molecule has 0 aromatic heterocycles. The van der Waals surface area contributed by atoms with E-state index in [1.807, 2.05) is 0 Å². The van der Waals surface area contributed by atoms with Crippen LogP contribution in [0.4, 0.5) is 0 Å². The highest BCUT2D eigenvalue weighted by Crippen LogP contribution is 2.49. The topological polar surface area (TPSA) is 12.0 Å². The molecular formula is C12H14BrN. The molecule has 1 fully saturated rings. The lowest BCUT2D eigenvalue weighted by molar-refractivity contribution is 0.603. The van der Waals surface area contributed by atoms with Crippen molar-refractivity contribution < 1.29 is 0 Å². The Morgan fingerprint density at radius 1 is 1.29 bits per heavy atom. The Morgan fingerprint density at radius 2 is 2.14 bits per heavy atom. The Bertz CT molecular complexity index is 369. The molecule has 2 heteroatoms. The molecule has 0 unspecified atom stereocenters. The van der Waals surface area contributed by atoms with E-state index in [9.17, 15) is 0 Å². The van der Waals surface area contributed by atoms with Gasteiger partial charge in [0.2, 0.25) is 0 Å². The van der Waals surface area contributed by atoms with Crippen LogP contribution in [-0.4, -0.2) is 13.1 Å². The second-order valence-corrected chi connectivity index (χ2v) is 5.42. The van der Waals surface area contributed by atoms with Crippen LogP contribution in [0.3, 0.4) is 0 Å². The Labute approximate surface area is 93.0 Å². The van der Waals surface area contributed by atoms with Gasteiger partial charge >= 0.3 is 0 Å². The fourth-order valence-corrected chi connectivity index (χ4v) is 2.94. The molecule has 74 valence electrons. The van der Waals surface area contributed by atoms with Crippen molar-refractivity contribution in [2.24, 2.45) is 0 Å². The Balaban J connectivity index is 2.11. The Kier molecular flexibility index (Phi) is 1.96. The Hall–Kier alpha value is -0.340. The van der Waals surface area contributed by atoms with E-state index >= 15 is 0 Å². The van der Waals surface area contributed by atoms with Crippen molar-refractivity contribution in [2.75, 3.05) is 13.1 Å². The molecule has 14 heavy (non-hydrogen) atoms. The first-order chi connectivity index (χ1) is 6.80. The molecule has 1 aromatic rings. The standard InChI is InChI=1S/C12H14BrN/c13-10-1-2-11-9(7-10)3-6-14-8-12(11)4-5-12/h1-2,7,14H,3-6,8H2. The third-order valence-corrected chi connectivity index (χ3v) is 4.02. The fourth-order valence-electron chi connectivity index (χ4n) is 2.53. The van der Waals surface area contributed by atoms with Gasteiger partial charge in [0, 0.05) is 16.4 Å². The largest absolute Gasteiger partial charge is 0.316 e. The quantitative estimate of drug-likeness (QED) is 0.748. The zero-order valence-corrected chi connectivity index (χ0v) is 9.73. The highest BCUT2D eigenvalue weighted by atomic mass is 79.9. The van der Waals surface area contributed by atoms with Gasteiger partial charge in [0.15, 0.2) is 0 Å². The molecule has 0 amide bonds. The molecule has 0 saturated heterocycles. The fraction of sp³-hybridized carbons (Fsp3) is 0.500. The molecule has 1 spiro atoms. The number of hydrogen-bond donors (Lipinski definition) is 1. The summed E-state index contributed by atoms with van der Waals surface area (Å²) >= 11 is 3.55. The van der Waals surface area contributed by atoms with Crippen LogP contribution in [0.5, 0.6) is 0 Å². The van der Waals surface area contributed by atoms with Gasteiger partial charge in [-0.2, -0.15) is 0 Å². The van der Waals surface area contributed by atoms with Crippen LogP contribution in [0, 0.1) is 0 Å². The molecule has 1 aliphatic heterocycles. The van der Waals surface area contributed by atoms with Gasteiger partial charge in [-0.1, -0.05) is 22.0 Å². The van der Waals surface area contributed by atoms with Crippen LogP contribution in [0.1, 0.15) is 24.0 Å². The van der Waals surface area contributed by atoms with Crippen molar-refractivity contribution in [3.8, 4) is 0 Å². The molecule has 1 N–H and O–H groups in total. The van der Waals surface area contributed by atoms with Gasteiger partial charge in [-0.15, -0.1) is 0 Å². The summed E-state index contributed by atoms with van der Waals surface area (Å²) in [5.74, 6) is 0. The van der Waals surface area contributed by atoms with Crippen LogP contribution in [-0.2, 0) is 11.8 Å². The molecule has 1 nitrogen and oxygen atoms in total. The summed E-state index contributed by atoms with van der Waals surface area (Å²) in [5, 5.41) is 3.55. The van der Waals surface area contributed by atoms with Gasteiger partial charge in [0.05, 0.1) is 0 Å². The first kappa shape index (κ1) is 8.93. The van der Waals surface area contributed by atoms with Crippen molar-refractivity contribution in [3.05, 3.63) is 33.8 Å². The maximum absolute atomic E-state index is 3.55. The minimum absolute atomic E-state index is 0.506. The van der Waals surface area contributed by atoms with E-state index in [4.69, 9.17) is 0 Å². The van der Waals surface area contributed by atoms with Crippen molar-refractivity contribution in [2.45, 2.75) is 24.7 Å². The number of fused-ring (bicyclic) bond motifs is 2. The van der Waals surface area contributed by atoms with Crippen LogP contribution >= 0.6 is 15.9 Å². The van der Waals surface area contributed by atoms with Crippen molar-refractivity contribution in [1.82, 2.24) is 5.32 Å². The van der Waals surface area contributed by atoms with E-state index in [1.165, 1.54) is 30.3 Å². The smallest absolute Gasteiger partial charge is 0.0178 e. The molecule has 3 rings (SSSR count). The van der Waals surface area contributed by atoms with Gasteiger partial charge in [-0.3, -0.25) is 0 Å². The minimum Gasteiger partial charge on any atom is -0.316 e. The monoisotopic (exact) mass is 251 g/mol. The minimum atomic E-state index is 0.506. The summed E-state index contributed by atoms with van der Waals surface area (Å²) in [5.41, 5.74) is 3.65. The summed E-state index contributed by atoms with van der Waals surface area (Å²) in [7, 11) is 0. The SMILES string of the molecule is Brc1ccc2c(c1)CCNCC21CC1. The van der Waals surface area contributed by atoms with Crippen LogP contribution < -0.4 is 5.32 Å². The number of hydrogen-bond acceptors (Lipinski definition) is 1. The van der Waals surface area contributed by atoms with Crippen LogP contribution in [0.25, 0.3) is 0 Å². The van der Waals surface area contributed by atoms with E-state index in [-0.39, 0.29) is 0 Å². The first-order valence-corrected chi connectivity index (χ1v) is 6.09. The molecule has 1 heterocycles. The average Bonchev–Trinajstić information content (AvgIpc) is 2.95. The molecule has 0 bridgehead atoms. The summed E-state index contributed by atoms with van der Waals surface area (Å²) in [6.45, 7) is 2.31. The van der Waals surface area contributed by atoms with E-state index in [0.29, 0.717) is 5.41 Å². The molecule has 1 aromatic carbocycles. The summed E-state index contributed by atoms with van der Waals surface area (Å²) < 4.78 is 1.22. The van der Waals surface area contributed by atoms with Gasteiger partial charge < -0.3 is 5.32 Å². The molecular weight excluding hydrogens is 238 g/mol. The van der Waals surface area contributed by atoms with E-state index in [2.05, 4.69) is 39.4 Å². The summed E-state index contributed by atoms with van der Waals surface area (Å²) in [6.07, 6.45) is 3.92. The third-order valence-electron chi connectivity index (χ3n) is 3.53. The van der Waals surface area contributed by atoms with Crippen LogP contribution in [0.15, 0.2) is 22.7 Å². The number of halogens is 1. The van der Waals surface area contributed by atoms with Gasteiger partial charge in [-0.25, -0.2) is 0 Å². The zero-order valence-electron chi connectivity index (χ0n) is 8.15. The molecule has 0 atom stereocenters. The Morgan fingerprint density at radius 3 is 2.93 bits per heavy atom. The lowest BCUT2D eigenvalue weighted by Crippen LogP contribution is -2.24. The van der Waals surface area contributed by atoms with Crippen molar-refractivity contribution >= 4 is 15.9 Å². The van der Waals surface area contributed by atoms with E-state index in [0.717, 1.165) is 6.54 Å². The molecule has 1 saturated carbocycles. The number of nitrogens with one attached hydrogen (secondary N) is 1. The van der Waals surface area contributed by atoms with E-state index < -0.39 is 0 Å². The molecule has 0 radical (unpaired) electrons. The number of benzene rings is 1. The third kappa shape index (κ3) is 1.32. The van der Waals surface area contributed by atoms with E-state index in [1.54, 1.807) is 11.1 Å². The maximum atomic E-state index is 3.55. The molecule has 1 aliphatic carbocycles. The average molecular weight is 252 g/mol. The molecule has 2 aliphatic rings.